The highest BCUT2D eigenvalue weighted by Crippen LogP contribution is 2.39. The van der Waals surface area contributed by atoms with E-state index in [1.54, 1.807) is 4.31 Å². The van der Waals surface area contributed by atoms with Crippen LogP contribution >= 0.6 is 0 Å². The summed E-state index contributed by atoms with van der Waals surface area (Å²) in [5.74, 6) is 1.78. The highest BCUT2D eigenvalue weighted by molar-refractivity contribution is 7.89. The molecule has 1 aliphatic heterocycles. The summed E-state index contributed by atoms with van der Waals surface area (Å²) in [7, 11) is -2.98. The van der Waals surface area contributed by atoms with Crippen LogP contribution < -0.4 is 5.73 Å². The predicted octanol–water partition coefficient (Wildman–Crippen LogP) is 0.395. The van der Waals surface area contributed by atoms with E-state index in [9.17, 15) is 8.42 Å². The zero-order valence-corrected chi connectivity index (χ0v) is 10.3. The summed E-state index contributed by atoms with van der Waals surface area (Å²) >= 11 is 0. The maximum absolute atomic E-state index is 12.1. The first-order valence-corrected chi connectivity index (χ1v) is 7.90. The number of rotatable bonds is 3. The van der Waals surface area contributed by atoms with Gasteiger partial charge >= 0.3 is 0 Å². The molecule has 3 aliphatic rings. The van der Waals surface area contributed by atoms with E-state index in [1.165, 1.54) is 0 Å². The fourth-order valence-electron chi connectivity index (χ4n) is 3.18. The summed E-state index contributed by atoms with van der Waals surface area (Å²) in [6, 6.07) is 0.228. The first-order chi connectivity index (χ1) is 7.56. The van der Waals surface area contributed by atoms with E-state index in [2.05, 4.69) is 0 Å². The van der Waals surface area contributed by atoms with Gasteiger partial charge in [0.25, 0.3) is 0 Å². The van der Waals surface area contributed by atoms with Gasteiger partial charge in [-0.3, -0.25) is 0 Å². The van der Waals surface area contributed by atoms with Crippen LogP contribution in [0.2, 0.25) is 0 Å². The quantitative estimate of drug-likeness (QED) is 0.781. The van der Waals surface area contributed by atoms with Gasteiger partial charge in [0.2, 0.25) is 10.0 Å². The van der Waals surface area contributed by atoms with Crippen LogP contribution in [0.25, 0.3) is 0 Å². The molecular weight excluding hydrogens is 224 g/mol. The minimum atomic E-state index is -2.98. The molecule has 0 amide bonds. The van der Waals surface area contributed by atoms with Crippen molar-refractivity contribution >= 4 is 10.0 Å². The van der Waals surface area contributed by atoms with Gasteiger partial charge < -0.3 is 5.73 Å². The molecule has 0 bridgehead atoms. The first kappa shape index (κ1) is 11.0. The molecule has 3 fully saturated rings. The molecule has 4 nitrogen and oxygen atoms in total. The summed E-state index contributed by atoms with van der Waals surface area (Å²) < 4.78 is 25.9. The Morgan fingerprint density at radius 1 is 1.12 bits per heavy atom. The van der Waals surface area contributed by atoms with Crippen LogP contribution in [-0.2, 0) is 10.0 Å². The molecule has 0 aromatic heterocycles. The molecule has 1 saturated heterocycles. The van der Waals surface area contributed by atoms with Crippen LogP contribution in [0.15, 0.2) is 0 Å². The molecule has 0 aromatic rings. The lowest BCUT2D eigenvalue weighted by atomic mass is 9.98. The van der Waals surface area contributed by atoms with E-state index in [4.69, 9.17) is 5.73 Å². The van der Waals surface area contributed by atoms with Gasteiger partial charge in [-0.1, -0.05) is 0 Å². The first-order valence-electron chi connectivity index (χ1n) is 6.29. The molecule has 5 heteroatoms. The number of fused-ring (bicyclic) bond motifs is 1. The van der Waals surface area contributed by atoms with Crippen LogP contribution in [0.5, 0.6) is 0 Å². The maximum Gasteiger partial charge on any atom is 0.214 e. The summed E-state index contributed by atoms with van der Waals surface area (Å²) in [5, 5.41) is 0. The van der Waals surface area contributed by atoms with Gasteiger partial charge in [0.05, 0.1) is 5.75 Å². The highest BCUT2D eigenvalue weighted by atomic mass is 32.2. The number of nitrogens with two attached hydrogens (primary N) is 1. The maximum atomic E-state index is 12.1. The SMILES string of the molecule is NC1CCC2CN(S(=O)(=O)CC3CC3)CC12. The fourth-order valence-corrected chi connectivity index (χ4v) is 5.14. The minimum absolute atomic E-state index is 0.228. The molecule has 2 aliphatic carbocycles. The summed E-state index contributed by atoms with van der Waals surface area (Å²) in [6.45, 7) is 1.41. The molecule has 2 N–H and O–H groups in total. The summed E-state index contributed by atoms with van der Waals surface area (Å²) in [5.41, 5.74) is 6.02. The van der Waals surface area contributed by atoms with Gasteiger partial charge in [-0.15, -0.1) is 0 Å². The van der Waals surface area contributed by atoms with Gasteiger partial charge in [-0.25, -0.2) is 12.7 Å². The molecule has 1 heterocycles. The van der Waals surface area contributed by atoms with Crippen molar-refractivity contribution in [2.45, 2.75) is 31.7 Å². The molecule has 0 spiro atoms. The fraction of sp³-hybridized carbons (Fsp3) is 1.00. The Balaban J connectivity index is 1.68. The van der Waals surface area contributed by atoms with Crippen LogP contribution in [-0.4, -0.2) is 37.6 Å². The van der Waals surface area contributed by atoms with Crippen molar-refractivity contribution in [1.29, 1.82) is 0 Å². The Labute approximate surface area is 97.2 Å². The van der Waals surface area contributed by atoms with E-state index in [0.29, 0.717) is 30.1 Å². The van der Waals surface area contributed by atoms with Gasteiger partial charge in [-0.05, 0) is 43.4 Å². The van der Waals surface area contributed by atoms with Crippen molar-refractivity contribution in [2.75, 3.05) is 18.8 Å². The topological polar surface area (TPSA) is 63.4 Å². The molecule has 0 radical (unpaired) electrons. The zero-order valence-electron chi connectivity index (χ0n) is 9.51. The number of hydrogen-bond donors (Lipinski definition) is 1. The van der Waals surface area contributed by atoms with Crippen LogP contribution in [0.1, 0.15) is 25.7 Å². The van der Waals surface area contributed by atoms with Crippen molar-refractivity contribution in [2.24, 2.45) is 23.5 Å². The van der Waals surface area contributed by atoms with Crippen LogP contribution in [0.4, 0.5) is 0 Å². The normalized spacial score (nSPS) is 40.2. The molecule has 2 saturated carbocycles. The van der Waals surface area contributed by atoms with Crippen molar-refractivity contribution < 1.29 is 8.42 Å². The second-order valence-corrected chi connectivity index (χ2v) is 7.72. The lowest BCUT2D eigenvalue weighted by Crippen LogP contribution is -2.35. The lowest BCUT2D eigenvalue weighted by molar-refractivity contribution is 0.426. The Morgan fingerprint density at radius 3 is 2.50 bits per heavy atom. The minimum Gasteiger partial charge on any atom is -0.327 e. The Bertz CT molecular complexity index is 377. The van der Waals surface area contributed by atoms with Crippen LogP contribution in [0, 0.1) is 17.8 Å². The molecule has 16 heavy (non-hydrogen) atoms. The third-order valence-corrected chi connectivity index (χ3v) is 6.39. The molecule has 92 valence electrons. The Hall–Kier alpha value is -0.130. The largest absolute Gasteiger partial charge is 0.327 e. The third kappa shape index (κ3) is 1.89. The van der Waals surface area contributed by atoms with Crippen LogP contribution in [0.3, 0.4) is 0 Å². The second kappa shape index (κ2) is 3.68. The molecule has 3 unspecified atom stereocenters. The summed E-state index contributed by atoms with van der Waals surface area (Å²) in [4.78, 5) is 0. The smallest absolute Gasteiger partial charge is 0.214 e. The van der Waals surface area contributed by atoms with Crippen molar-refractivity contribution in [1.82, 2.24) is 4.31 Å². The highest BCUT2D eigenvalue weighted by Gasteiger charge is 2.45. The summed E-state index contributed by atoms with van der Waals surface area (Å²) in [6.07, 6.45) is 4.38. The van der Waals surface area contributed by atoms with Gasteiger partial charge in [0.15, 0.2) is 0 Å². The van der Waals surface area contributed by atoms with E-state index >= 15 is 0 Å². The number of hydrogen-bond acceptors (Lipinski definition) is 3. The molecule has 3 atom stereocenters. The lowest BCUT2D eigenvalue weighted by Gasteiger charge is -2.18. The Morgan fingerprint density at radius 2 is 1.88 bits per heavy atom. The average molecular weight is 244 g/mol. The average Bonchev–Trinajstić information content (AvgIpc) is 2.79. The number of nitrogens with zero attached hydrogens (tertiary/aromatic N) is 1. The standard InChI is InChI=1S/C11H20N2O2S/c12-11-4-3-9-5-13(6-10(9)11)16(14,15)7-8-1-2-8/h8-11H,1-7,12H2. The van der Waals surface area contributed by atoms with Gasteiger partial charge in [0.1, 0.15) is 0 Å². The van der Waals surface area contributed by atoms with Gasteiger partial charge in [-0.2, -0.15) is 0 Å². The third-order valence-electron chi connectivity index (χ3n) is 4.42. The van der Waals surface area contributed by atoms with E-state index in [1.807, 2.05) is 0 Å². The van der Waals surface area contributed by atoms with Crippen molar-refractivity contribution in [3.63, 3.8) is 0 Å². The van der Waals surface area contributed by atoms with Crippen molar-refractivity contribution in [3.8, 4) is 0 Å². The Kier molecular flexibility index (Phi) is 2.53. The van der Waals surface area contributed by atoms with E-state index in [-0.39, 0.29) is 6.04 Å². The molecular formula is C11H20N2O2S. The zero-order chi connectivity index (χ0) is 11.3. The van der Waals surface area contributed by atoms with Crippen molar-refractivity contribution in [3.05, 3.63) is 0 Å². The molecule has 3 rings (SSSR count). The van der Waals surface area contributed by atoms with Gasteiger partial charge in [0, 0.05) is 19.1 Å². The number of sulfonamides is 1. The molecule has 0 aromatic carbocycles. The predicted molar refractivity (Wildman–Crippen MR) is 62.3 cm³/mol. The monoisotopic (exact) mass is 244 g/mol. The van der Waals surface area contributed by atoms with E-state index < -0.39 is 10.0 Å². The second-order valence-electron chi connectivity index (χ2n) is 5.70. The van der Waals surface area contributed by atoms with E-state index in [0.717, 1.165) is 32.2 Å².